The van der Waals surface area contributed by atoms with Crippen LogP contribution in [0.1, 0.15) is 27.8 Å². The molecule has 0 aromatic heterocycles. The summed E-state index contributed by atoms with van der Waals surface area (Å²) < 4.78 is 51.5. The molecule has 2 fully saturated rings. The van der Waals surface area contributed by atoms with E-state index in [0.717, 1.165) is 27.8 Å². The monoisotopic (exact) mass is 792 g/mol. The second-order valence-corrected chi connectivity index (χ2v) is 14.4. The van der Waals surface area contributed by atoms with Crippen molar-refractivity contribution in [3.63, 3.8) is 0 Å². The maximum atomic E-state index is 11.6. The lowest BCUT2D eigenvalue weighted by molar-refractivity contribution is -0.345. The maximum absolute atomic E-state index is 11.6. The minimum atomic E-state index is -1.42. The summed E-state index contributed by atoms with van der Waals surface area (Å²) in [6.07, 6.45) is -10.1. The van der Waals surface area contributed by atoms with E-state index in [9.17, 15) is 15.3 Å². The summed E-state index contributed by atoms with van der Waals surface area (Å²) in [6.45, 7) is 0.353. The Morgan fingerprint density at radius 1 is 0.379 bits per heavy atom. The molecule has 5 aromatic rings. The summed E-state index contributed by atoms with van der Waals surface area (Å²) in [7, 11) is 0. The summed E-state index contributed by atoms with van der Waals surface area (Å²) in [6, 6.07) is 48.4. The van der Waals surface area contributed by atoms with Gasteiger partial charge in [-0.05, 0) is 27.8 Å². The van der Waals surface area contributed by atoms with Crippen LogP contribution >= 0.6 is 0 Å². The molecule has 11 nitrogen and oxygen atoms in total. The van der Waals surface area contributed by atoms with Crippen LogP contribution in [0.5, 0.6) is 0 Å². The first-order chi connectivity index (χ1) is 28.6. The normalized spacial score (nSPS) is 27.3. The van der Waals surface area contributed by atoms with E-state index in [1.54, 1.807) is 0 Å². The van der Waals surface area contributed by atoms with Crippen molar-refractivity contribution < 1.29 is 53.2 Å². The van der Waals surface area contributed by atoms with Gasteiger partial charge in [0.25, 0.3) is 0 Å². The van der Waals surface area contributed by atoms with Crippen LogP contribution in [0.25, 0.3) is 0 Å². The van der Waals surface area contributed by atoms with Gasteiger partial charge in [-0.1, -0.05) is 152 Å². The maximum Gasteiger partial charge on any atom is 0.187 e. The lowest BCUT2D eigenvalue weighted by atomic mass is 9.97. The van der Waals surface area contributed by atoms with Gasteiger partial charge in [-0.3, -0.25) is 0 Å². The van der Waals surface area contributed by atoms with Gasteiger partial charge in [0.2, 0.25) is 0 Å². The molecule has 0 saturated carbocycles. The van der Waals surface area contributed by atoms with Crippen molar-refractivity contribution in [1.29, 1.82) is 0 Å². The van der Waals surface area contributed by atoms with Gasteiger partial charge >= 0.3 is 0 Å². The van der Waals surface area contributed by atoms with Crippen LogP contribution in [0.3, 0.4) is 0 Å². The minimum Gasteiger partial charge on any atom is -0.394 e. The largest absolute Gasteiger partial charge is 0.394 e. The number of hydrogen-bond acceptors (Lipinski definition) is 11. The Balaban J connectivity index is 1.15. The summed E-state index contributed by atoms with van der Waals surface area (Å²) in [4.78, 5) is 0. The zero-order valence-electron chi connectivity index (χ0n) is 32.3. The van der Waals surface area contributed by atoms with E-state index in [1.165, 1.54) is 0 Å². The molecule has 2 saturated heterocycles. The molecule has 5 aromatic carbocycles. The van der Waals surface area contributed by atoms with Crippen LogP contribution in [0.4, 0.5) is 0 Å². The van der Waals surface area contributed by atoms with E-state index in [1.807, 2.05) is 152 Å². The molecule has 2 heterocycles. The van der Waals surface area contributed by atoms with E-state index < -0.39 is 68.0 Å². The smallest absolute Gasteiger partial charge is 0.187 e. The molecule has 0 aliphatic carbocycles. The number of ether oxygens (including phenoxy) is 8. The zero-order chi connectivity index (χ0) is 39.9. The SMILES string of the molecule is OC[C@H]1O[C@@H](OC[C@H]2O[C@H](O)[C@H](OCc3ccccc3)[C@@H](OCc3ccccc3)[C@@H]2OCc2ccccc2)[C@H](OCc2ccccc2)[C@@H](OCc2ccccc2)[C@@H]1O. The molecule has 0 bridgehead atoms. The molecule has 0 amide bonds. The minimum absolute atomic E-state index is 0.150. The Morgan fingerprint density at radius 3 is 1.16 bits per heavy atom. The first-order valence-electron chi connectivity index (χ1n) is 19.7. The highest BCUT2D eigenvalue weighted by atomic mass is 16.7. The molecule has 0 unspecified atom stereocenters. The molecule has 11 heteroatoms. The topological polar surface area (TPSA) is 135 Å². The highest BCUT2D eigenvalue weighted by molar-refractivity contribution is 5.17. The summed E-state index contributed by atoms with van der Waals surface area (Å²) in [5.41, 5.74) is 4.58. The fourth-order valence-corrected chi connectivity index (χ4v) is 7.16. The third kappa shape index (κ3) is 11.4. The molecular weight excluding hydrogens is 741 g/mol. The number of aliphatic hydroxyl groups excluding tert-OH is 3. The van der Waals surface area contributed by atoms with E-state index in [4.69, 9.17) is 37.9 Å². The lowest BCUT2D eigenvalue weighted by Crippen LogP contribution is -2.63. The molecule has 10 atom stereocenters. The molecule has 0 spiro atoms. The predicted molar refractivity (Wildman–Crippen MR) is 214 cm³/mol. The van der Waals surface area contributed by atoms with Crippen molar-refractivity contribution >= 4 is 0 Å². The van der Waals surface area contributed by atoms with Crippen LogP contribution in [-0.2, 0) is 70.9 Å². The van der Waals surface area contributed by atoms with Crippen molar-refractivity contribution in [2.24, 2.45) is 0 Å². The summed E-state index contributed by atoms with van der Waals surface area (Å²) in [5.74, 6) is 0. The van der Waals surface area contributed by atoms with Gasteiger partial charge in [0.1, 0.15) is 48.8 Å². The number of aliphatic hydroxyl groups is 3. The zero-order valence-corrected chi connectivity index (χ0v) is 32.3. The molecule has 0 radical (unpaired) electrons. The van der Waals surface area contributed by atoms with E-state index in [-0.39, 0.29) is 39.6 Å². The van der Waals surface area contributed by atoms with Gasteiger partial charge < -0.3 is 53.2 Å². The van der Waals surface area contributed by atoms with Crippen molar-refractivity contribution in [2.45, 2.75) is 94.4 Å². The molecule has 2 aliphatic heterocycles. The second-order valence-electron chi connectivity index (χ2n) is 14.4. The highest BCUT2D eigenvalue weighted by Gasteiger charge is 2.51. The standard InChI is InChI=1S/C47H52O11/c48-26-38-40(49)42(52-28-34-18-8-2-9-19-34)45(55-31-37-24-14-5-15-25-37)47(58-38)56-32-39-41(51-27-33-16-6-1-7-17-33)43(53-29-35-20-10-3-11-21-35)44(46(50)57-39)54-30-36-22-12-4-13-23-36/h1-25,38-50H,26-32H2/t38-,39-,40-,41-,42+,43+,44-,45-,46+,47-/m1/s1. The van der Waals surface area contributed by atoms with Crippen molar-refractivity contribution in [3.8, 4) is 0 Å². The first kappa shape index (κ1) is 41.8. The molecule has 3 N–H and O–H groups in total. The van der Waals surface area contributed by atoms with Crippen LogP contribution in [-0.4, -0.2) is 89.9 Å². The number of hydrogen-bond donors (Lipinski definition) is 3. The summed E-state index contributed by atoms with van der Waals surface area (Å²) >= 11 is 0. The van der Waals surface area contributed by atoms with E-state index in [2.05, 4.69) is 0 Å². The van der Waals surface area contributed by atoms with Gasteiger partial charge in [0, 0.05) is 0 Å². The molecule has 58 heavy (non-hydrogen) atoms. The quantitative estimate of drug-likeness (QED) is 0.0948. The Labute approximate surface area is 339 Å². The van der Waals surface area contributed by atoms with Crippen molar-refractivity contribution in [1.82, 2.24) is 0 Å². The van der Waals surface area contributed by atoms with Crippen molar-refractivity contribution in [2.75, 3.05) is 13.2 Å². The first-order valence-corrected chi connectivity index (χ1v) is 19.7. The number of benzene rings is 5. The molecular formula is C47H52O11. The fraction of sp³-hybridized carbons (Fsp3) is 0.362. The van der Waals surface area contributed by atoms with Gasteiger partial charge in [-0.25, -0.2) is 0 Å². The Hall–Kier alpha value is -4.34. The van der Waals surface area contributed by atoms with Crippen LogP contribution in [0.15, 0.2) is 152 Å². The molecule has 7 rings (SSSR count). The highest BCUT2D eigenvalue weighted by Crippen LogP contribution is 2.33. The van der Waals surface area contributed by atoms with Gasteiger partial charge in [0.15, 0.2) is 12.6 Å². The van der Waals surface area contributed by atoms with E-state index >= 15 is 0 Å². The number of rotatable bonds is 19. The molecule has 2 aliphatic rings. The average molecular weight is 793 g/mol. The van der Waals surface area contributed by atoms with Gasteiger partial charge in [-0.15, -0.1) is 0 Å². The average Bonchev–Trinajstić information content (AvgIpc) is 3.27. The van der Waals surface area contributed by atoms with Crippen LogP contribution in [0, 0.1) is 0 Å². The Morgan fingerprint density at radius 2 is 0.741 bits per heavy atom. The van der Waals surface area contributed by atoms with Crippen LogP contribution in [0.2, 0.25) is 0 Å². The van der Waals surface area contributed by atoms with Crippen molar-refractivity contribution in [3.05, 3.63) is 179 Å². The second kappa shape index (κ2) is 21.6. The van der Waals surface area contributed by atoms with Gasteiger partial charge in [-0.2, -0.15) is 0 Å². The van der Waals surface area contributed by atoms with Crippen LogP contribution < -0.4 is 0 Å². The van der Waals surface area contributed by atoms with Gasteiger partial charge in [0.05, 0.1) is 46.2 Å². The third-order valence-corrected chi connectivity index (χ3v) is 10.3. The fourth-order valence-electron chi connectivity index (χ4n) is 7.16. The third-order valence-electron chi connectivity index (χ3n) is 10.3. The lowest BCUT2D eigenvalue weighted by Gasteiger charge is -2.46. The Kier molecular flexibility index (Phi) is 15.6. The summed E-state index contributed by atoms with van der Waals surface area (Å²) in [5, 5.41) is 33.5. The Bertz CT molecular complexity index is 1870. The predicted octanol–water partition coefficient (Wildman–Crippen LogP) is 5.73. The van der Waals surface area contributed by atoms with E-state index in [0.29, 0.717) is 0 Å². The molecule has 306 valence electrons.